The summed E-state index contributed by atoms with van der Waals surface area (Å²) >= 11 is 1.01. The van der Waals surface area contributed by atoms with Gasteiger partial charge in [-0.25, -0.2) is 0 Å². The minimum Gasteiger partial charge on any atom is -0.497 e. The highest BCUT2D eigenvalue weighted by molar-refractivity contribution is 7.99. The SMILES string of the molecule is COc1ccc(OCCCc2nnc(SCC(=O)O)o2)cc1. The van der Waals surface area contributed by atoms with Crippen LogP contribution in [0.3, 0.4) is 0 Å². The lowest BCUT2D eigenvalue weighted by Crippen LogP contribution is -1.99. The van der Waals surface area contributed by atoms with Crippen molar-refractivity contribution in [1.82, 2.24) is 10.2 Å². The van der Waals surface area contributed by atoms with E-state index in [0.717, 1.165) is 29.7 Å². The van der Waals surface area contributed by atoms with Gasteiger partial charge in [-0.05, 0) is 30.7 Å². The van der Waals surface area contributed by atoms with Crippen molar-refractivity contribution in [3.05, 3.63) is 30.2 Å². The smallest absolute Gasteiger partial charge is 0.314 e. The van der Waals surface area contributed by atoms with Gasteiger partial charge in [0.15, 0.2) is 0 Å². The van der Waals surface area contributed by atoms with Gasteiger partial charge in [-0.3, -0.25) is 4.79 Å². The molecule has 0 unspecified atom stereocenters. The fourth-order valence-electron chi connectivity index (χ4n) is 1.61. The lowest BCUT2D eigenvalue weighted by Gasteiger charge is -2.05. The molecular formula is C14H16N2O5S. The topological polar surface area (TPSA) is 94.7 Å². The number of carboxylic acids is 1. The fraction of sp³-hybridized carbons (Fsp3) is 0.357. The van der Waals surface area contributed by atoms with Crippen molar-refractivity contribution in [3.63, 3.8) is 0 Å². The Morgan fingerprint density at radius 3 is 2.68 bits per heavy atom. The van der Waals surface area contributed by atoms with Crippen LogP contribution < -0.4 is 9.47 Å². The van der Waals surface area contributed by atoms with Crippen LogP contribution in [0.5, 0.6) is 11.5 Å². The Morgan fingerprint density at radius 2 is 2.00 bits per heavy atom. The lowest BCUT2D eigenvalue weighted by atomic mass is 10.3. The van der Waals surface area contributed by atoms with Gasteiger partial charge >= 0.3 is 5.97 Å². The Balaban J connectivity index is 1.68. The van der Waals surface area contributed by atoms with Crippen LogP contribution in [-0.2, 0) is 11.2 Å². The number of nitrogens with zero attached hydrogens (tertiary/aromatic N) is 2. The quantitative estimate of drug-likeness (QED) is 0.554. The summed E-state index contributed by atoms with van der Waals surface area (Å²) in [5, 5.41) is 16.5. The highest BCUT2D eigenvalue weighted by atomic mass is 32.2. The van der Waals surface area contributed by atoms with E-state index in [9.17, 15) is 4.79 Å². The molecule has 2 aromatic rings. The van der Waals surface area contributed by atoms with Crippen LogP contribution in [0.1, 0.15) is 12.3 Å². The van der Waals surface area contributed by atoms with Gasteiger partial charge in [0.1, 0.15) is 17.3 Å². The Bertz CT molecular complexity index is 600. The molecule has 0 amide bonds. The van der Waals surface area contributed by atoms with Gasteiger partial charge in [0.25, 0.3) is 5.22 Å². The van der Waals surface area contributed by atoms with Gasteiger partial charge in [0, 0.05) is 6.42 Å². The van der Waals surface area contributed by atoms with Gasteiger partial charge < -0.3 is 19.0 Å². The third-order valence-corrected chi connectivity index (χ3v) is 3.43. The lowest BCUT2D eigenvalue weighted by molar-refractivity contribution is -0.133. The van der Waals surface area contributed by atoms with E-state index in [0.29, 0.717) is 18.9 Å². The van der Waals surface area contributed by atoms with E-state index in [4.69, 9.17) is 19.0 Å². The van der Waals surface area contributed by atoms with Gasteiger partial charge in [0.05, 0.1) is 13.7 Å². The summed E-state index contributed by atoms with van der Waals surface area (Å²) < 4.78 is 16.0. The summed E-state index contributed by atoms with van der Waals surface area (Å²) in [6, 6.07) is 7.34. The number of benzene rings is 1. The molecule has 0 saturated heterocycles. The van der Waals surface area contributed by atoms with Crippen molar-refractivity contribution in [1.29, 1.82) is 0 Å². The molecule has 0 atom stereocenters. The molecule has 0 aliphatic rings. The van der Waals surface area contributed by atoms with Crippen LogP contribution in [0.4, 0.5) is 0 Å². The number of carboxylic acid groups (broad SMARTS) is 1. The second-order valence-electron chi connectivity index (χ2n) is 4.27. The number of aliphatic carboxylic acids is 1. The highest BCUT2D eigenvalue weighted by Gasteiger charge is 2.08. The molecular weight excluding hydrogens is 308 g/mol. The maximum Gasteiger partial charge on any atom is 0.314 e. The number of hydrogen-bond acceptors (Lipinski definition) is 7. The van der Waals surface area contributed by atoms with E-state index in [2.05, 4.69) is 10.2 Å². The third-order valence-electron chi connectivity index (χ3n) is 2.63. The summed E-state index contributed by atoms with van der Waals surface area (Å²) in [4.78, 5) is 10.4. The Morgan fingerprint density at radius 1 is 1.27 bits per heavy atom. The number of rotatable bonds is 9. The molecule has 0 aliphatic heterocycles. The molecule has 1 aromatic carbocycles. The first-order valence-electron chi connectivity index (χ1n) is 6.61. The molecule has 2 rings (SSSR count). The van der Waals surface area contributed by atoms with Crippen LogP contribution in [0.2, 0.25) is 0 Å². The maximum absolute atomic E-state index is 10.4. The summed E-state index contributed by atoms with van der Waals surface area (Å²) in [7, 11) is 1.61. The zero-order valence-electron chi connectivity index (χ0n) is 12.0. The third kappa shape index (κ3) is 5.28. The number of methoxy groups -OCH3 is 1. The number of aryl methyl sites for hydroxylation is 1. The predicted octanol–water partition coefficient (Wildman–Crippen LogP) is 2.27. The highest BCUT2D eigenvalue weighted by Crippen LogP contribution is 2.18. The molecule has 1 aromatic heterocycles. The number of ether oxygens (including phenoxy) is 2. The Labute approximate surface area is 131 Å². The maximum atomic E-state index is 10.4. The molecule has 1 N–H and O–H groups in total. The van der Waals surface area contributed by atoms with E-state index >= 15 is 0 Å². The van der Waals surface area contributed by atoms with Crippen molar-refractivity contribution >= 4 is 17.7 Å². The van der Waals surface area contributed by atoms with E-state index < -0.39 is 5.97 Å². The van der Waals surface area contributed by atoms with Crippen molar-refractivity contribution in [3.8, 4) is 11.5 Å². The molecule has 0 aliphatic carbocycles. The van der Waals surface area contributed by atoms with E-state index in [1.807, 2.05) is 24.3 Å². The molecule has 0 fully saturated rings. The second-order valence-corrected chi connectivity index (χ2v) is 5.20. The largest absolute Gasteiger partial charge is 0.497 e. The first-order chi connectivity index (χ1) is 10.7. The molecule has 22 heavy (non-hydrogen) atoms. The first kappa shape index (κ1) is 16.2. The average Bonchev–Trinajstić information content (AvgIpc) is 2.98. The number of aromatic nitrogens is 2. The monoisotopic (exact) mass is 324 g/mol. The van der Waals surface area contributed by atoms with E-state index in [-0.39, 0.29) is 11.0 Å². The zero-order chi connectivity index (χ0) is 15.8. The normalized spacial score (nSPS) is 10.4. The molecule has 8 heteroatoms. The molecule has 0 spiro atoms. The van der Waals surface area contributed by atoms with Crippen LogP contribution >= 0.6 is 11.8 Å². The molecule has 0 radical (unpaired) electrons. The van der Waals surface area contributed by atoms with Crippen molar-refractivity contribution in [2.75, 3.05) is 19.5 Å². The van der Waals surface area contributed by atoms with Gasteiger partial charge in [-0.15, -0.1) is 10.2 Å². The number of hydrogen-bond donors (Lipinski definition) is 1. The number of carbonyl (C=O) groups is 1. The Hall–Kier alpha value is -2.22. The van der Waals surface area contributed by atoms with Crippen LogP contribution in [0, 0.1) is 0 Å². The minimum atomic E-state index is -0.919. The van der Waals surface area contributed by atoms with E-state index in [1.165, 1.54) is 0 Å². The molecule has 118 valence electrons. The minimum absolute atomic E-state index is 0.0950. The summed E-state index contributed by atoms with van der Waals surface area (Å²) in [6.07, 6.45) is 1.30. The van der Waals surface area contributed by atoms with Crippen LogP contribution in [0.15, 0.2) is 33.9 Å². The first-order valence-corrected chi connectivity index (χ1v) is 7.60. The summed E-state index contributed by atoms with van der Waals surface area (Å²) in [6.45, 7) is 0.520. The predicted molar refractivity (Wildman–Crippen MR) is 79.5 cm³/mol. The van der Waals surface area contributed by atoms with Gasteiger partial charge in [-0.2, -0.15) is 0 Å². The summed E-state index contributed by atoms with van der Waals surface area (Å²) in [5.41, 5.74) is 0. The van der Waals surface area contributed by atoms with Crippen molar-refractivity contribution < 1.29 is 23.8 Å². The van der Waals surface area contributed by atoms with Crippen LogP contribution in [-0.4, -0.2) is 40.7 Å². The van der Waals surface area contributed by atoms with E-state index in [1.54, 1.807) is 7.11 Å². The molecule has 0 bridgehead atoms. The fourth-order valence-corrected chi connectivity index (χ4v) is 2.11. The standard InChI is InChI=1S/C14H16N2O5S/c1-19-10-4-6-11(7-5-10)20-8-2-3-12-15-16-14(21-12)22-9-13(17)18/h4-7H,2-3,8-9H2,1H3,(H,17,18). The average molecular weight is 324 g/mol. The van der Waals surface area contributed by atoms with Gasteiger partial charge in [-0.1, -0.05) is 11.8 Å². The summed E-state index contributed by atoms with van der Waals surface area (Å²) in [5.74, 6) is 1.01. The van der Waals surface area contributed by atoms with Crippen LogP contribution in [0.25, 0.3) is 0 Å². The Kier molecular flexibility index (Phi) is 6.08. The molecule has 1 heterocycles. The number of thioether (sulfide) groups is 1. The zero-order valence-corrected chi connectivity index (χ0v) is 12.8. The van der Waals surface area contributed by atoms with Crippen molar-refractivity contribution in [2.45, 2.75) is 18.1 Å². The second kappa shape index (κ2) is 8.28. The molecule has 7 nitrogen and oxygen atoms in total. The molecule has 0 saturated carbocycles. The van der Waals surface area contributed by atoms with Crippen molar-refractivity contribution in [2.24, 2.45) is 0 Å². The van der Waals surface area contributed by atoms with Gasteiger partial charge in [0.2, 0.25) is 5.89 Å².